The fourth-order valence-electron chi connectivity index (χ4n) is 3.59. The van der Waals surface area contributed by atoms with Crippen LogP contribution >= 0.6 is 0 Å². The minimum absolute atomic E-state index is 0.0356. The highest BCUT2D eigenvalue weighted by Crippen LogP contribution is 2.27. The Kier molecular flexibility index (Phi) is 6.45. The van der Waals surface area contributed by atoms with E-state index in [1.807, 2.05) is 19.0 Å². The largest absolute Gasteiger partial charge is 0.335 e. The molecule has 2 saturated heterocycles. The Labute approximate surface area is 146 Å². The summed E-state index contributed by atoms with van der Waals surface area (Å²) in [5.41, 5.74) is 1.37. The van der Waals surface area contributed by atoms with Crippen LogP contribution in [-0.4, -0.2) is 92.9 Å². The Morgan fingerprint density at radius 1 is 1.21 bits per heavy atom. The number of nitrogens with zero attached hydrogens (tertiary/aromatic N) is 3. The predicted octanol–water partition coefficient (Wildman–Crippen LogP) is 0.604. The number of carbonyl (C=O) groups is 1. The summed E-state index contributed by atoms with van der Waals surface area (Å²) in [4.78, 5) is 18.4. The molecule has 7 heteroatoms. The summed E-state index contributed by atoms with van der Waals surface area (Å²) >= 11 is 0. The summed E-state index contributed by atoms with van der Waals surface area (Å²) in [7, 11) is 0.654. The predicted molar refractivity (Wildman–Crippen MR) is 96.7 cm³/mol. The van der Waals surface area contributed by atoms with Crippen LogP contribution in [0.25, 0.3) is 0 Å². The van der Waals surface area contributed by atoms with E-state index >= 15 is 0 Å². The van der Waals surface area contributed by atoms with E-state index in [0.717, 1.165) is 25.9 Å². The molecule has 0 saturated carbocycles. The van der Waals surface area contributed by atoms with Crippen LogP contribution in [0.2, 0.25) is 0 Å². The van der Waals surface area contributed by atoms with Gasteiger partial charge in [0.05, 0.1) is 24.1 Å². The molecule has 0 aromatic heterocycles. The molecule has 0 aliphatic carbocycles. The van der Waals surface area contributed by atoms with E-state index in [2.05, 4.69) is 24.8 Å². The molecule has 2 aliphatic heterocycles. The Bertz CT molecular complexity index is 586. The number of allylic oxidation sites excluding steroid dienone is 1. The number of hydrogen-bond acceptors (Lipinski definition) is 5. The SMILES string of the molecule is CC/C(C)=C/CCN1CCN(C(=O)CN(C)C)[C@@H]2CS(=O)(=O)C[C@@H]21. The first-order valence-electron chi connectivity index (χ1n) is 8.78. The average Bonchev–Trinajstić information content (AvgIpc) is 2.81. The normalized spacial score (nSPS) is 27.5. The van der Waals surface area contributed by atoms with Crippen molar-refractivity contribution < 1.29 is 13.2 Å². The van der Waals surface area contributed by atoms with Crippen molar-refractivity contribution in [2.75, 3.05) is 51.8 Å². The molecule has 2 atom stereocenters. The van der Waals surface area contributed by atoms with Gasteiger partial charge in [0, 0.05) is 25.7 Å². The summed E-state index contributed by atoms with van der Waals surface area (Å²) in [6.07, 6.45) is 4.23. The van der Waals surface area contributed by atoms with Crippen LogP contribution in [0.15, 0.2) is 11.6 Å². The molecule has 0 unspecified atom stereocenters. The van der Waals surface area contributed by atoms with E-state index in [1.165, 1.54) is 5.57 Å². The van der Waals surface area contributed by atoms with Crippen LogP contribution in [-0.2, 0) is 14.6 Å². The fraction of sp³-hybridized carbons (Fsp3) is 0.824. The second kappa shape index (κ2) is 7.97. The molecule has 2 fully saturated rings. The Morgan fingerprint density at radius 3 is 2.50 bits per heavy atom. The number of hydrogen-bond donors (Lipinski definition) is 0. The Morgan fingerprint density at radius 2 is 1.88 bits per heavy atom. The van der Waals surface area contributed by atoms with Gasteiger partial charge in [-0.1, -0.05) is 18.6 Å². The zero-order valence-corrected chi connectivity index (χ0v) is 16.2. The third-order valence-corrected chi connectivity index (χ3v) is 6.73. The van der Waals surface area contributed by atoms with Gasteiger partial charge in [-0.25, -0.2) is 8.42 Å². The van der Waals surface area contributed by atoms with E-state index in [9.17, 15) is 13.2 Å². The van der Waals surface area contributed by atoms with Gasteiger partial charge in [-0.2, -0.15) is 0 Å². The standard InChI is InChI=1S/C17H31N3O3S/c1-5-14(2)7-6-8-19-9-10-20(17(21)11-18(3)4)16-13-24(22,23)12-15(16)19/h7,15-16H,5-6,8-13H2,1-4H3/b14-7+/t15-,16+/m0/s1. The van der Waals surface area contributed by atoms with E-state index in [4.69, 9.17) is 0 Å². The summed E-state index contributed by atoms with van der Waals surface area (Å²) < 4.78 is 24.3. The van der Waals surface area contributed by atoms with E-state index in [0.29, 0.717) is 13.1 Å². The summed E-state index contributed by atoms with van der Waals surface area (Å²) in [5.74, 6) is 0.324. The zero-order valence-electron chi connectivity index (χ0n) is 15.4. The number of amides is 1. The van der Waals surface area contributed by atoms with Crippen molar-refractivity contribution in [3.63, 3.8) is 0 Å². The molecule has 0 aromatic carbocycles. The van der Waals surface area contributed by atoms with Crippen LogP contribution in [0, 0.1) is 0 Å². The third-order valence-electron chi connectivity index (χ3n) is 5.03. The lowest BCUT2D eigenvalue weighted by Crippen LogP contribution is -2.61. The molecule has 0 radical (unpaired) electrons. The van der Waals surface area contributed by atoms with Crippen molar-refractivity contribution in [1.29, 1.82) is 0 Å². The summed E-state index contributed by atoms with van der Waals surface area (Å²) in [6.45, 7) is 6.85. The molecule has 138 valence electrons. The highest BCUT2D eigenvalue weighted by Gasteiger charge is 2.47. The lowest BCUT2D eigenvalue weighted by atomic mass is 10.0. The maximum atomic E-state index is 12.5. The molecule has 0 aromatic rings. The number of likely N-dealkylation sites (N-methyl/N-ethyl adjacent to an activating group) is 1. The highest BCUT2D eigenvalue weighted by molar-refractivity contribution is 7.91. The van der Waals surface area contributed by atoms with Crippen molar-refractivity contribution in [3.05, 3.63) is 11.6 Å². The van der Waals surface area contributed by atoms with Crippen LogP contribution < -0.4 is 0 Å². The summed E-state index contributed by atoms with van der Waals surface area (Å²) in [6, 6.07) is -0.238. The molecule has 24 heavy (non-hydrogen) atoms. The topological polar surface area (TPSA) is 60.9 Å². The number of fused-ring (bicyclic) bond motifs is 1. The molecular formula is C17H31N3O3S. The van der Waals surface area contributed by atoms with Crippen molar-refractivity contribution in [2.45, 2.75) is 38.8 Å². The molecule has 0 N–H and O–H groups in total. The van der Waals surface area contributed by atoms with Gasteiger partial charge in [0.2, 0.25) is 5.91 Å². The Hall–Kier alpha value is -0.920. The number of sulfone groups is 1. The lowest BCUT2D eigenvalue weighted by Gasteiger charge is -2.44. The minimum atomic E-state index is -3.07. The maximum Gasteiger partial charge on any atom is 0.237 e. The van der Waals surface area contributed by atoms with Crippen molar-refractivity contribution in [1.82, 2.24) is 14.7 Å². The van der Waals surface area contributed by atoms with Gasteiger partial charge < -0.3 is 9.80 Å². The number of carbonyl (C=O) groups excluding carboxylic acids is 1. The molecule has 2 rings (SSSR count). The van der Waals surface area contributed by atoms with Crippen LogP contribution in [0.5, 0.6) is 0 Å². The van der Waals surface area contributed by atoms with Gasteiger partial charge in [-0.3, -0.25) is 9.69 Å². The number of piperazine rings is 1. The van der Waals surface area contributed by atoms with Gasteiger partial charge >= 0.3 is 0 Å². The molecule has 2 heterocycles. The molecule has 0 spiro atoms. The van der Waals surface area contributed by atoms with Crippen molar-refractivity contribution in [2.24, 2.45) is 0 Å². The fourth-order valence-corrected chi connectivity index (χ4v) is 5.61. The van der Waals surface area contributed by atoms with Crippen LogP contribution in [0.3, 0.4) is 0 Å². The van der Waals surface area contributed by atoms with E-state index in [-0.39, 0.29) is 29.5 Å². The van der Waals surface area contributed by atoms with Crippen LogP contribution in [0.1, 0.15) is 26.7 Å². The highest BCUT2D eigenvalue weighted by atomic mass is 32.2. The maximum absolute atomic E-state index is 12.5. The molecule has 0 bridgehead atoms. The molecule has 2 aliphatic rings. The second-order valence-electron chi connectivity index (χ2n) is 7.27. The van der Waals surface area contributed by atoms with Gasteiger partial charge in [0.15, 0.2) is 9.84 Å². The quantitative estimate of drug-likeness (QED) is 0.652. The van der Waals surface area contributed by atoms with E-state index in [1.54, 1.807) is 4.90 Å². The third kappa shape index (κ3) is 4.80. The summed E-state index contributed by atoms with van der Waals surface area (Å²) in [5, 5.41) is 0. The van der Waals surface area contributed by atoms with Crippen molar-refractivity contribution in [3.8, 4) is 0 Å². The van der Waals surface area contributed by atoms with Crippen LogP contribution in [0.4, 0.5) is 0 Å². The first-order chi connectivity index (χ1) is 11.2. The zero-order chi connectivity index (χ0) is 17.9. The van der Waals surface area contributed by atoms with Gasteiger partial charge in [-0.15, -0.1) is 0 Å². The molecular weight excluding hydrogens is 326 g/mol. The Balaban J connectivity index is 2.08. The van der Waals surface area contributed by atoms with E-state index < -0.39 is 9.84 Å². The minimum Gasteiger partial charge on any atom is -0.335 e. The molecule has 1 amide bonds. The van der Waals surface area contributed by atoms with Gasteiger partial charge in [-0.05, 0) is 33.9 Å². The average molecular weight is 358 g/mol. The van der Waals surface area contributed by atoms with Gasteiger partial charge in [0.1, 0.15) is 0 Å². The van der Waals surface area contributed by atoms with Crippen molar-refractivity contribution >= 4 is 15.7 Å². The monoisotopic (exact) mass is 357 g/mol. The first-order valence-corrected chi connectivity index (χ1v) is 10.6. The number of rotatable bonds is 6. The van der Waals surface area contributed by atoms with Gasteiger partial charge in [0.25, 0.3) is 0 Å². The first kappa shape index (κ1) is 19.4. The molecule has 6 nitrogen and oxygen atoms in total. The lowest BCUT2D eigenvalue weighted by molar-refractivity contribution is -0.137. The second-order valence-corrected chi connectivity index (χ2v) is 9.42. The smallest absolute Gasteiger partial charge is 0.237 e.